The highest BCUT2D eigenvalue weighted by molar-refractivity contribution is 7.72. The Hall–Kier alpha value is -2.22. The Bertz CT molecular complexity index is 878. The normalized spacial score (nSPS) is 13.3. The lowest BCUT2D eigenvalue weighted by atomic mass is 10.0. The Labute approximate surface area is 228 Å². The first kappa shape index (κ1) is 33.8. The smallest absolute Gasteiger partial charge is 0.408 e. The van der Waals surface area contributed by atoms with E-state index in [9.17, 15) is 18.9 Å². The van der Waals surface area contributed by atoms with Crippen LogP contribution in [0, 0.1) is 11.8 Å². The SMILES string of the molecule is CCCCOP(=O)(OCCCC)C(=O)[C@H](CC(C)C)NC(=O)[C@H](CC(C)C)NC(=O)OCc1ccccc1. The summed E-state index contributed by atoms with van der Waals surface area (Å²) in [5.41, 5.74) is 0.0544. The molecule has 0 aromatic heterocycles. The molecule has 1 aromatic rings. The summed E-state index contributed by atoms with van der Waals surface area (Å²) in [6, 6.07) is 7.18. The molecule has 9 nitrogen and oxygen atoms in total. The number of ether oxygens (including phenoxy) is 1. The van der Waals surface area contributed by atoms with Gasteiger partial charge in [0.05, 0.1) is 13.2 Å². The molecule has 0 unspecified atom stereocenters. The van der Waals surface area contributed by atoms with Crippen LogP contribution in [0.25, 0.3) is 0 Å². The van der Waals surface area contributed by atoms with Crippen molar-refractivity contribution in [3.8, 4) is 0 Å². The monoisotopic (exact) mass is 554 g/mol. The van der Waals surface area contributed by atoms with E-state index < -0.39 is 37.2 Å². The van der Waals surface area contributed by atoms with Gasteiger partial charge in [0.15, 0.2) is 0 Å². The number of nitrogens with one attached hydrogen (secondary N) is 2. The molecule has 0 radical (unpaired) electrons. The van der Waals surface area contributed by atoms with E-state index in [1.165, 1.54) is 0 Å². The summed E-state index contributed by atoms with van der Waals surface area (Å²) >= 11 is 0. The van der Waals surface area contributed by atoms with Crippen molar-refractivity contribution in [2.45, 2.75) is 98.8 Å². The first-order valence-electron chi connectivity index (χ1n) is 13.7. The van der Waals surface area contributed by atoms with Crippen LogP contribution in [0.15, 0.2) is 30.3 Å². The molecular formula is C28H47N2O7P. The minimum atomic E-state index is -4.13. The van der Waals surface area contributed by atoms with Gasteiger partial charge in [-0.3, -0.25) is 14.2 Å². The Morgan fingerprint density at radius 2 is 1.34 bits per heavy atom. The second-order valence-corrected chi connectivity index (χ2v) is 12.2. The highest BCUT2D eigenvalue weighted by Gasteiger charge is 2.41. The number of unbranched alkanes of at least 4 members (excludes halogenated alkanes) is 2. The summed E-state index contributed by atoms with van der Waals surface area (Å²) < 4.78 is 29.9. The molecule has 10 heteroatoms. The summed E-state index contributed by atoms with van der Waals surface area (Å²) in [4.78, 5) is 39.3. The maximum Gasteiger partial charge on any atom is 0.408 e. The van der Waals surface area contributed by atoms with E-state index >= 15 is 0 Å². The Balaban J connectivity index is 3.02. The standard InChI is InChI=1S/C28H47N2O7P/c1-7-9-16-36-38(34,37-17-10-8-2)27(32)25(19-22(5)6)29-26(31)24(18-21(3)4)30-28(33)35-20-23-14-12-11-13-15-23/h11-15,21-22,24-25H,7-10,16-20H2,1-6H3,(H,29,31)(H,30,33)/t24-,25-/m0/s1. The van der Waals surface area contributed by atoms with Crippen molar-refractivity contribution < 1.29 is 32.7 Å². The van der Waals surface area contributed by atoms with Crippen LogP contribution in [-0.2, 0) is 34.5 Å². The molecule has 38 heavy (non-hydrogen) atoms. The summed E-state index contributed by atoms with van der Waals surface area (Å²) in [7, 11) is -4.13. The average molecular weight is 555 g/mol. The molecule has 1 rings (SSSR count). The van der Waals surface area contributed by atoms with Crippen molar-refractivity contribution in [2.24, 2.45) is 11.8 Å². The second kappa shape index (κ2) is 18.1. The van der Waals surface area contributed by atoms with Crippen LogP contribution >= 0.6 is 7.60 Å². The van der Waals surface area contributed by atoms with E-state index in [1.807, 2.05) is 71.9 Å². The molecule has 1 aromatic carbocycles. The lowest BCUT2D eigenvalue weighted by Crippen LogP contribution is -2.52. The van der Waals surface area contributed by atoms with E-state index in [1.54, 1.807) is 0 Å². The van der Waals surface area contributed by atoms with E-state index in [-0.39, 0.29) is 38.1 Å². The van der Waals surface area contributed by atoms with Crippen LogP contribution in [0.5, 0.6) is 0 Å². The van der Waals surface area contributed by atoms with Crippen molar-refractivity contribution in [2.75, 3.05) is 13.2 Å². The van der Waals surface area contributed by atoms with Gasteiger partial charge >= 0.3 is 13.7 Å². The number of hydrogen-bond donors (Lipinski definition) is 2. The molecule has 2 atom stereocenters. The number of hydrogen-bond acceptors (Lipinski definition) is 7. The fourth-order valence-corrected chi connectivity index (χ4v) is 5.21. The maximum atomic E-state index is 13.6. The Morgan fingerprint density at radius 3 is 1.84 bits per heavy atom. The van der Waals surface area contributed by atoms with Gasteiger partial charge in [0.25, 0.3) is 5.52 Å². The van der Waals surface area contributed by atoms with Gasteiger partial charge in [-0.2, -0.15) is 0 Å². The van der Waals surface area contributed by atoms with Gasteiger partial charge in [-0.15, -0.1) is 0 Å². The zero-order chi connectivity index (χ0) is 28.6. The summed E-state index contributed by atoms with van der Waals surface area (Å²) in [6.45, 7) is 11.9. The Kier molecular flexibility index (Phi) is 16.1. The zero-order valence-electron chi connectivity index (χ0n) is 23.9. The molecule has 0 spiro atoms. The highest BCUT2D eigenvalue weighted by atomic mass is 31.2. The second-order valence-electron chi connectivity index (χ2n) is 10.3. The van der Waals surface area contributed by atoms with Crippen molar-refractivity contribution in [1.29, 1.82) is 0 Å². The first-order chi connectivity index (χ1) is 18.0. The van der Waals surface area contributed by atoms with Gasteiger partial charge in [-0.25, -0.2) is 4.79 Å². The van der Waals surface area contributed by atoms with Gasteiger partial charge in [0, 0.05) is 0 Å². The minimum Gasteiger partial charge on any atom is -0.445 e. The van der Waals surface area contributed by atoms with E-state index in [4.69, 9.17) is 13.8 Å². The maximum absolute atomic E-state index is 13.6. The molecule has 2 amide bonds. The van der Waals surface area contributed by atoms with Gasteiger partial charge in [0.1, 0.15) is 18.7 Å². The molecule has 0 fully saturated rings. The predicted molar refractivity (Wildman–Crippen MR) is 149 cm³/mol. The molecule has 0 aliphatic rings. The lowest BCUT2D eigenvalue weighted by molar-refractivity contribution is -0.127. The molecule has 216 valence electrons. The van der Waals surface area contributed by atoms with Gasteiger partial charge in [-0.1, -0.05) is 84.7 Å². The topological polar surface area (TPSA) is 120 Å². The number of rotatable bonds is 19. The van der Waals surface area contributed by atoms with Crippen LogP contribution in [0.2, 0.25) is 0 Å². The summed E-state index contributed by atoms with van der Waals surface area (Å²) in [5, 5.41) is 5.35. The lowest BCUT2D eigenvalue weighted by Gasteiger charge is -2.27. The highest BCUT2D eigenvalue weighted by Crippen LogP contribution is 2.51. The minimum absolute atomic E-state index is 0.0105. The van der Waals surface area contributed by atoms with Crippen molar-refractivity contribution in [3.05, 3.63) is 35.9 Å². The molecular weight excluding hydrogens is 507 g/mol. The largest absolute Gasteiger partial charge is 0.445 e. The quantitative estimate of drug-likeness (QED) is 0.154. The third kappa shape index (κ3) is 13.0. The summed E-state index contributed by atoms with van der Waals surface area (Å²) in [5.74, 6) is -0.473. The summed E-state index contributed by atoms with van der Waals surface area (Å²) in [6.07, 6.45) is 2.69. The number of amides is 2. The molecule has 0 bridgehead atoms. The van der Waals surface area contributed by atoms with Crippen LogP contribution in [-0.4, -0.2) is 42.8 Å². The van der Waals surface area contributed by atoms with Gasteiger partial charge < -0.3 is 24.4 Å². The molecule has 0 aliphatic carbocycles. The van der Waals surface area contributed by atoms with Crippen LogP contribution in [0.4, 0.5) is 4.79 Å². The van der Waals surface area contributed by atoms with Crippen molar-refractivity contribution >= 4 is 25.1 Å². The zero-order valence-corrected chi connectivity index (χ0v) is 24.8. The van der Waals surface area contributed by atoms with Crippen LogP contribution in [0.1, 0.15) is 85.6 Å². The number of benzene rings is 1. The first-order valence-corrected chi connectivity index (χ1v) is 15.3. The molecule has 0 saturated heterocycles. The molecule has 0 heterocycles. The molecule has 0 saturated carbocycles. The van der Waals surface area contributed by atoms with E-state index in [2.05, 4.69) is 10.6 Å². The van der Waals surface area contributed by atoms with Crippen LogP contribution < -0.4 is 10.6 Å². The van der Waals surface area contributed by atoms with Crippen molar-refractivity contribution in [1.82, 2.24) is 10.6 Å². The predicted octanol–water partition coefficient (Wildman–Crippen LogP) is 6.21. The fourth-order valence-electron chi connectivity index (χ4n) is 3.59. The van der Waals surface area contributed by atoms with Crippen molar-refractivity contribution in [3.63, 3.8) is 0 Å². The fraction of sp³-hybridized carbons (Fsp3) is 0.679. The average Bonchev–Trinajstić information content (AvgIpc) is 2.86. The van der Waals surface area contributed by atoms with Gasteiger partial charge in [-0.05, 0) is 43.1 Å². The van der Waals surface area contributed by atoms with E-state index in [0.29, 0.717) is 19.3 Å². The van der Waals surface area contributed by atoms with Crippen LogP contribution in [0.3, 0.4) is 0 Å². The third-order valence-electron chi connectivity index (χ3n) is 5.64. The number of carbonyl (C=O) groups excluding carboxylic acids is 3. The third-order valence-corrected chi connectivity index (χ3v) is 7.53. The van der Waals surface area contributed by atoms with Gasteiger partial charge in [0.2, 0.25) is 5.91 Å². The Morgan fingerprint density at radius 1 is 0.816 bits per heavy atom. The number of carbonyl (C=O) groups is 3. The number of alkyl carbamates (subject to hydrolysis) is 1. The molecule has 2 N–H and O–H groups in total. The van der Waals surface area contributed by atoms with E-state index in [0.717, 1.165) is 18.4 Å². The molecule has 0 aliphatic heterocycles.